The normalized spacial score (nSPS) is 12.4. The van der Waals surface area contributed by atoms with Crippen LogP contribution in [0, 0.1) is 0 Å². The van der Waals surface area contributed by atoms with Crippen molar-refractivity contribution in [2.45, 2.75) is 20.3 Å². The maximum atomic E-state index is 4.80. The molecule has 0 fully saturated rings. The smallest absolute Gasteiger partial charge is 0.129 e. The summed E-state index contributed by atoms with van der Waals surface area (Å²) < 4.78 is 0. The topological polar surface area (TPSA) is 57.7 Å². The van der Waals surface area contributed by atoms with E-state index in [1.807, 2.05) is 12.2 Å². The number of hydrogen-bond donors (Lipinski definition) is 1. The van der Waals surface area contributed by atoms with Crippen LogP contribution in [0.4, 0.5) is 5.82 Å². The van der Waals surface area contributed by atoms with Gasteiger partial charge in [0, 0.05) is 23.9 Å². The van der Waals surface area contributed by atoms with Gasteiger partial charge in [0.2, 0.25) is 0 Å². The fourth-order valence-electron chi connectivity index (χ4n) is 2.50. The lowest BCUT2D eigenvalue weighted by atomic mass is 10.1. The fraction of sp³-hybridized carbons (Fsp3) is 0.278. The van der Waals surface area contributed by atoms with Crippen molar-refractivity contribution in [3.05, 3.63) is 48.1 Å². The molecule has 1 N–H and O–H groups in total. The van der Waals surface area contributed by atoms with Crippen molar-refractivity contribution < 1.29 is 0 Å². The lowest BCUT2D eigenvalue weighted by Gasteiger charge is -2.22. The van der Waals surface area contributed by atoms with Crippen LogP contribution in [-0.4, -0.2) is 33.5 Å². The highest BCUT2D eigenvalue weighted by Crippen LogP contribution is 2.16. The molecule has 0 spiro atoms. The molecule has 0 atom stereocenters. The van der Waals surface area contributed by atoms with Gasteiger partial charge < -0.3 is 4.90 Å². The van der Waals surface area contributed by atoms with Gasteiger partial charge in [-0.2, -0.15) is 15.4 Å². The van der Waals surface area contributed by atoms with Gasteiger partial charge in [0.05, 0.1) is 11.5 Å². The van der Waals surface area contributed by atoms with Crippen molar-refractivity contribution in [2.75, 3.05) is 18.0 Å². The molecule has 0 radical (unpaired) electrons. The summed E-state index contributed by atoms with van der Waals surface area (Å²) in [5.74, 6) is 0.932. The summed E-state index contributed by atoms with van der Waals surface area (Å²) in [5, 5.41) is 12.6. The van der Waals surface area contributed by atoms with Crippen molar-refractivity contribution in [2.24, 2.45) is 0 Å². The first-order chi connectivity index (χ1) is 11.2. The SMILES string of the molecule is C=C/C=c1/c(-c2cn[nH]n2)cc(N(CC)CCC)n/c1=C/C=C. The number of anilines is 1. The van der Waals surface area contributed by atoms with Gasteiger partial charge in [0.1, 0.15) is 11.5 Å². The molecule has 2 aromatic heterocycles. The van der Waals surface area contributed by atoms with Gasteiger partial charge in [0.15, 0.2) is 0 Å². The van der Waals surface area contributed by atoms with Gasteiger partial charge in [-0.05, 0) is 25.5 Å². The van der Waals surface area contributed by atoms with Gasteiger partial charge in [0.25, 0.3) is 0 Å². The number of aromatic amines is 1. The van der Waals surface area contributed by atoms with E-state index < -0.39 is 0 Å². The van der Waals surface area contributed by atoms with Crippen LogP contribution in [0.2, 0.25) is 0 Å². The van der Waals surface area contributed by atoms with Crippen LogP contribution < -0.4 is 15.5 Å². The number of aromatic nitrogens is 4. The minimum absolute atomic E-state index is 0.785. The van der Waals surface area contributed by atoms with Gasteiger partial charge in [-0.25, -0.2) is 4.98 Å². The van der Waals surface area contributed by atoms with Gasteiger partial charge in [-0.1, -0.05) is 38.3 Å². The van der Waals surface area contributed by atoms with Gasteiger partial charge in [-0.3, -0.25) is 0 Å². The molecular formula is C18H23N5. The van der Waals surface area contributed by atoms with E-state index >= 15 is 0 Å². The molecule has 0 aliphatic rings. The van der Waals surface area contributed by atoms with Crippen LogP contribution in [0.25, 0.3) is 23.4 Å². The Morgan fingerprint density at radius 2 is 2.00 bits per heavy atom. The molecule has 120 valence electrons. The predicted octanol–water partition coefficient (Wildman–Crippen LogP) is 2.04. The Morgan fingerprint density at radius 3 is 2.57 bits per heavy atom. The molecule has 0 aliphatic heterocycles. The standard InChI is InChI=1S/C18H23N5/c1-5-9-14-15(17-13-19-22-21-17)12-18(20-16(14)10-6-2)23(8-4)11-7-3/h5-6,9-10,12-13H,1-2,7-8,11H2,3-4H3,(H,19,21,22)/b14-9-,16-10+. The van der Waals surface area contributed by atoms with Crippen molar-refractivity contribution in [1.82, 2.24) is 20.4 Å². The molecule has 23 heavy (non-hydrogen) atoms. The van der Waals surface area contributed by atoms with E-state index in [4.69, 9.17) is 4.98 Å². The second kappa shape index (κ2) is 8.08. The van der Waals surface area contributed by atoms with E-state index in [9.17, 15) is 0 Å². The average molecular weight is 309 g/mol. The van der Waals surface area contributed by atoms with E-state index in [0.717, 1.165) is 47.2 Å². The Kier molecular flexibility index (Phi) is 5.86. The van der Waals surface area contributed by atoms with Crippen LogP contribution >= 0.6 is 0 Å². The summed E-state index contributed by atoms with van der Waals surface area (Å²) in [6, 6.07) is 2.06. The Hall–Kier alpha value is -2.69. The van der Waals surface area contributed by atoms with E-state index in [0.29, 0.717) is 0 Å². The number of allylic oxidation sites excluding steroid dienone is 2. The van der Waals surface area contributed by atoms with E-state index in [1.54, 1.807) is 18.3 Å². The maximum absolute atomic E-state index is 4.80. The highest BCUT2D eigenvalue weighted by atomic mass is 15.3. The molecule has 0 aliphatic carbocycles. The molecule has 0 bridgehead atoms. The predicted molar refractivity (Wildman–Crippen MR) is 96.4 cm³/mol. The average Bonchev–Trinajstić information content (AvgIpc) is 3.08. The second-order valence-corrected chi connectivity index (χ2v) is 5.07. The first-order valence-corrected chi connectivity index (χ1v) is 7.82. The molecule has 2 aromatic rings. The summed E-state index contributed by atoms with van der Waals surface area (Å²) in [7, 11) is 0. The zero-order valence-corrected chi connectivity index (χ0v) is 13.8. The largest absolute Gasteiger partial charge is 0.357 e. The van der Waals surface area contributed by atoms with Crippen LogP contribution in [0.15, 0.2) is 37.6 Å². The van der Waals surface area contributed by atoms with E-state index in [2.05, 4.69) is 53.4 Å². The summed E-state index contributed by atoms with van der Waals surface area (Å²) in [6.45, 7) is 13.8. The summed E-state index contributed by atoms with van der Waals surface area (Å²) in [5.41, 5.74) is 1.76. The number of pyridine rings is 1. The monoisotopic (exact) mass is 309 g/mol. The summed E-state index contributed by atoms with van der Waals surface area (Å²) in [4.78, 5) is 7.05. The molecule has 5 heteroatoms. The molecule has 0 amide bonds. The summed E-state index contributed by atoms with van der Waals surface area (Å²) >= 11 is 0. The number of hydrogen-bond acceptors (Lipinski definition) is 4. The zero-order chi connectivity index (χ0) is 16.7. The highest BCUT2D eigenvalue weighted by molar-refractivity contribution is 5.66. The van der Waals surface area contributed by atoms with Crippen molar-refractivity contribution in [1.29, 1.82) is 0 Å². The van der Waals surface area contributed by atoms with Gasteiger partial charge >= 0.3 is 0 Å². The molecular weight excluding hydrogens is 286 g/mol. The van der Waals surface area contributed by atoms with Crippen LogP contribution in [0.5, 0.6) is 0 Å². The molecule has 2 heterocycles. The maximum Gasteiger partial charge on any atom is 0.129 e. The third-order valence-electron chi connectivity index (χ3n) is 3.53. The Balaban J connectivity index is 2.79. The fourth-order valence-corrected chi connectivity index (χ4v) is 2.50. The van der Waals surface area contributed by atoms with Crippen molar-refractivity contribution in [3.8, 4) is 11.3 Å². The molecule has 0 unspecified atom stereocenters. The third-order valence-corrected chi connectivity index (χ3v) is 3.53. The van der Waals surface area contributed by atoms with Crippen molar-refractivity contribution >= 4 is 18.0 Å². The minimum Gasteiger partial charge on any atom is -0.357 e. The molecule has 5 nitrogen and oxygen atoms in total. The van der Waals surface area contributed by atoms with Crippen LogP contribution in [0.3, 0.4) is 0 Å². The highest BCUT2D eigenvalue weighted by Gasteiger charge is 2.11. The lowest BCUT2D eigenvalue weighted by molar-refractivity contribution is 0.776. The minimum atomic E-state index is 0.785. The molecule has 2 rings (SSSR count). The Morgan fingerprint density at radius 1 is 1.22 bits per heavy atom. The first-order valence-electron chi connectivity index (χ1n) is 7.82. The Labute approximate surface area is 136 Å². The van der Waals surface area contributed by atoms with E-state index in [-0.39, 0.29) is 0 Å². The molecule has 0 saturated carbocycles. The molecule has 0 aromatic carbocycles. The van der Waals surface area contributed by atoms with E-state index in [1.165, 1.54) is 0 Å². The zero-order valence-electron chi connectivity index (χ0n) is 13.8. The van der Waals surface area contributed by atoms with Crippen LogP contribution in [0.1, 0.15) is 20.3 Å². The quantitative estimate of drug-likeness (QED) is 0.850. The van der Waals surface area contributed by atoms with Gasteiger partial charge in [-0.15, -0.1) is 0 Å². The lowest BCUT2D eigenvalue weighted by Crippen LogP contribution is -2.34. The second-order valence-electron chi connectivity index (χ2n) is 5.07. The number of H-pyrrole nitrogens is 1. The summed E-state index contributed by atoms with van der Waals surface area (Å²) in [6.07, 6.45) is 10.1. The number of rotatable bonds is 7. The number of nitrogens with zero attached hydrogens (tertiary/aromatic N) is 4. The number of nitrogens with one attached hydrogen (secondary N) is 1. The first kappa shape index (κ1) is 16.7. The third kappa shape index (κ3) is 3.74. The molecule has 0 saturated heterocycles. The Bertz CT molecular complexity index is 774. The van der Waals surface area contributed by atoms with Crippen molar-refractivity contribution in [3.63, 3.8) is 0 Å². The van der Waals surface area contributed by atoms with Crippen LogP contribution in [-0.2, 0) is 0 Å².